The summed E-state index contributed by atoms with van der Waals surface area (Å²) in [5.74, 6) is -0.385. The van der Waals surface area contributed by atoms with E-state index >= 15 is 0 Å². The van der Waals surface area contributed by atoms with Crippen LogP contribution in [0.15, 0.2) is 16.3 Å². The third kappa shape index (κ3) is 1.94. The normalized spacial score (nSPS) is 10.3. The Morgan fingerprint density at radius 3 is 3.00 bits per heavy atom. The quantitative estimate of drug-likeness (QED) is 0.855. The van der Waals surface area contributed by atoms with E-state index in [-0.39, 0.29) is 5.97 Å². The highest BCUT2D eigenvalue weighted by atomic mass is 32.1. The molecule has 0 aliphatic rings. The molecule has 2 N–H and O–H groups in total. The number of nitrogen functional groups attached to an aromatic ring is 1. The number of esters is 1. The Morgan fingerprint density at radius 2 is 2.38 bits per heavy atom. The molecule has 0 saturated carbocycles. The number of thiophene rings is 1. The SMILES string of the molecule is CCOC(=O)c1c(-c2cscn2)csc1N. The van der Waals surface area contributed by atoms with E-state index in [0.717, 1.165) is 11.3 Å². The molecule has 0 unspecified atom stereocenters. The molecule has 84 valence electrons. The molecule has 0 bridgehead atoms. The number of thiazole rings is 1. The molecule has 0 atom stereocenters. The molecule has 0 aliphatic carbocycles. The van der Waals surface area contributed by atoms with Gasteiger partial charge in [-0.25, -0.2) is 9.78 Å². The number of carbonyl (C=O) groups excluding carboxylic acids is 1. The molecule has 2 aromatic heterocycles. The van der Waals surface area contributed by atoms with Gasteiger partial charge in [0.2, 0.25) is 0 Å². The monoisotopic (exact) mass is 254 g/mol. The van der Waals surface area contributed by atoms with Gasteiger partial charge >= 0.3 is 5.97 Å². The second kappa shape index (κ2) is 4.63. The van der Waals surface area contributed by atoms with Crippen molar-refractivity contribution in [2.75, 3.05) is 12.3 Å². The zero-order chi connectivity index (χ0) is 11.5. The Labute approximate surface area is 101 Å². The second-order valence-corrected chi connectivity index (χ2v) is 4.61. The van der Waals surface area contributed by atoms with Crippen molar-refractivity contribution in [1.82, 2.24) is 4.98 Å². The van der Waals surface area contributed by atoms with Crippen LogP contribution in [0.25, 0.3) is 11.3 Å². The third-order valence-electron chi connectivity index (χ3n) is 2.01. The largest absolute Gasteiger partial charge is 0.462 e. The predicted octanol–water partition coefficient (Wildman–Crippen LogP) is 2.63. The topological polar surface area (TPSA) is 65.2 Å². The van der Waals surface area contributed by atoms with Crippen molar-refractivity contribution in [3.05, 3.63) is 21.8 Å². The lowest BCUT2D eigenvalue weighted by molar-refractivity contribution is 0.0529. The van der Waals surface area contributed by atoms with Crippen molar-refractivity contribution < 1.29 is 9.53 Å². The van der Waals surface area contributed by atoms with Crippen LogP contribution in [0.5, 0.6) is 0 Å². The van der Waals surface area contributed by atoms with Crippen molar-refractivity contribution in [2.24, 2.45) is 0 Å². The number of ether oxygens (including phenoxy) is 1. The van der Waals surface area contributed by atoms with Crippen LogP contribution in [-0.4, -0.2) is 17.6 Å². The first-order valence-electron chi connectivity index (χ1n) is 4.66. The van der Waals surface area contributed by atoms with Crippen molar-refractivity contribution in [1.29, 1.82) is 0 Å². The fourth-order valence-corrected chi connectivity index (χ4v) is 2.67. The number of aromatic nitrogens is 1. The van der Waals surface area contributed by atoms with Crippen LogP contribution in [0.2, 0.25) is 0 Å². The minimum Gasteiger partial charge on any atom is -0.462 e. The number of hydrogen-bond acceptors (Lipinski definition) is 6. The van der Waals surface area contributed by atoms with Gasteiger partial charge < -0.3 is 10.5 Å². The molecule has 16 heavy (non-hydrogen) atoms. The summed E-state index contributed by atoms with van der Waals surface area (Å²) in [4.78, 5) is 15.9. The zero-order valence-corrected chi connectivity index (χ0v) is 10.2. The lowest BCUT2D eigenvalue weighted by Crippen LogP contribution is -2.07. The molecule has 0 spiro atoms. The Kier molecular flexibility index (Phi) is 3.21. The van der Waals surface area contributed by atoms with E-state index in [1.807, 2.05) is 10.8 Å². The molecule has 0 radical (unpaired) electrons. The van der Waals surface area contributed by atoms with E-state index in [4.69, 9.17) is 10.5 Å². The van der Waals surface area contributed by atoms with Crippen LogP contribution in [0.1, 0.15) is 17.3 Å². The van der Waals surface area contributed by atoms with Crippen LogP contribution >= 0.6 is 22.7 Å². The lowest BCUT2D eigenvalue weighted by atomic mass is 10.1. The summed E-state index contributed by atoms with van der Waals surface area (Å²) < 4.78 is 4.97. The van der Waals surface area contributed by atoms with E-state index in [2.05, 4.69) is 4.98 Å². The second-order valence-electron chi connectivity index (χ2n) is 2.98. The molecular formula is C10H10N2O2S2. The molecule has 0 aromatic carbocycles. The zero-order valence-electron chi connectivity index (χ0n) is 8.60. The minimum atomic E-state index is -0.385. The van der Waals surface area contributed by atoms with Gasteiger partial charge in [-0.15, -0.1) is 22.7 Å². The first kappa shape index (κ1) is 11.1. The van der Waals surface area contributed by atoms with E-state index in [1.54, 1.807) is 12.4 Å². The molecular weight excluding hydrogens is 244 g/mol. The number of carbonyl (C=O) groups is 1. The number of rotatable bonds is 3. The molecule has 0 fully saturated rings. The van der Waals surface area contributed by atoms with Crippen molar-refractivity contribution in [3.63, 3.8) is 0 Å². The summed E-state index contributed by atoms with van der Waals surface area (Å²) in [5.41, 5.74) is 9.44. The summed E-state index contributed by atoms with van der Waals surface area (Å²) in [5, 5.41) is 4.18. The van der Waals surface area contributed by atoms with Crippen LogP contribution in [0.4, 0.5) is 5.00 Å². The molecule has 0 aliphatic heterocycles. The Balaban J connectivity index is 2.44. The molecule has 0 amide bonds. The number of nitrogens with zero attached hydrogens (tertiary/aromatic N) is 1. The van der Waals surface area contributed by atoms with E-state index in [0.29, 0.717) is 17.2 Å². The predicted molar refractivity (Wildman–Crippen MR) is 65.8 cm³/mol. The van der Waals surface area contributed by atoms with Gasteiger partial charge in [-0.05, 0) is 6.92 Å². The van der Waals surface area contributed by atoms with Crippen LogP contribution in [-0.2, 0) is 4.74 Å². The fraction of sp³-hybridized carbons (Fsp3) is 0.200. The van der Waals surface area contributed by atoms with Crippen LogP contribution in [0, 0.1) is 0 Å². The number of hydrogen-bond donors (Lipinski definition) is 1. The lowest BCUT2D eigenvalue weighted by Gasteiger charge is -2.03. The number of anilines is 1. The summed E-state index contributed by atoms with van der Waals surface area (Å²) >= 11 is 2.80. The molecule has 2 rings (SSSR count). The van der Waals surface area contributed by atoms with Gasteiger partial charge in [0.15, 0.2) is 0 Å². The average molecular weight is 254 g/mol. The molecule has 2 aromatic rings. The highest BCUT2D eigenvalue weighted by molar-refractivity contribution is 7.15. The number of nitrogens with two attached hydrogens (primary N) is 1. The Morgan fingerprint density at radius 1 is 1.56 bits per heavy atom. The summed E-state index contributed by atoms with van der Waals surface area (Å²) in [6.07, 6.45) is 0. The van der Waals surface area contributed by atoms with Gasteiger partial charge in [-0.3, -0.25) is 0 Å². The van der Waals surface area contributed by atoms with Gasteiger partial charge in [0.25, 0.3) is 0 Å². The highest BCUT2D eigenvalue weighted by Gasteiger charge is 2.20. The van der Waals surface area contributed by atoms with E-state index in [1.165, 1.54) is 22.7 Å². The van der Waals surface area contributed by atoms with Crippen molar-refractivity contribution >= 4 is 33.6 Å². The fourth-order valence-electron chi connectivity index (χ4n) is 1.32. The highest BCUT2D eigenvalue weighted by Crippen LogP contribution is 2.33. The standard InChI is InChI=1S/C10H10N2O2S2/c1-2-14-10(13)8-6(3-16-9(8)11)7-4-15-5-12-7/h3-5H,2,11H2,1H3. The smallest absolute Gasteiger partial charge is 0.341 e. The van der Waals surface area contributed by atoms with Gasteiger partial charge in [0, 0.05) is 16.3 Å². The van der Waals surface area contributed by atoms with Gasteiger partial charge in [-0.2, -0.15) is 0 Å². The third-order valence-corrected chi connectivity index (χ3v) is 3.41. The van der Waals surface area contributed by atoms with E-state index < -0.39 is 0 Å². The van der Waals surface area contributed by atoms with Gasteiger partial charge in [-0.1, -0.05) is 0 Å². The van der Waals surface area contributed by atoms with Crippen LogP contribution < -0.4 is 5.73 Å². The first-order chi connectivity index (χ1) is 7.74. The minimum absolute atomic E-state index is 0.338. The van der Waals surface area contributed by atoms with E-state index in [9.17, 15) is 4.79 Å². The Bertz CT molecular complexity index is 491. The molecule has 2 heterocycles. The molecule has 4 nitrogen and oxygen atoms in total. The summed E-state index contributed by atoms with van der Waals surface area (Å²) in [7, 11) is 0. The molecule has 6 heteroatoms. The first-order valence-corrected chi connectivity index (χ1v) is 6.49. The molecule has 0 saturated heterocycles. The van der Waals surface area contributed by atoms with Gasteiger partial charge in [0.05, 0.1) is 17.8 Å². The maximum Gasteiger partial charge on any atom is 0.341 e. The summed E-state index contributed by atoms with van der Waals surface area (Å²) in [6, 6.07) is 0. The summed E-state index contributed by atoms with van der Waals surface area (Å²) in [6.45, 7) is 2.10. The van der Waals surface area contributed by atoms with Crippen molar-refractivity contribution in [2.45, 2.75) is 6.92 Å². The maximum absolute atomic E-state index is 11.7. The van der Waals surface area contributed by atoms with Gasteiger partial charge in [0.1, 0.15) is 10.6 Å². The van der Waals surface area contributed by atoms with Crippen molar-refractivity contribution in [3.8, 4) is 11.3 Å². The average Bonchev–Trinajstić information content (AvgIpc) is 2.86. The van der Waals surface area contributed by atoms with Crippen LogP contribution in [0.3, 0.4) is 0 Å². The Hall–Kier alpha value is -1.40. The maximum atomic E-state index is 11.7.